The standard InChI is InChI=1S/C22H24BrFO3/c1-22(2,3)27-21(26)17(11-15-7-5-4-6-8-15)13-19(25)12-16-9-10-18(23)14-20(16)24/h4-10,14,17H,11-13H2,1-3H3/t17-/m0/s1. The number of ether oxygens (including phenoxy) is 1. The highest BCUT2D eigenvalue weighted by Crippen LogP contribution is 2.21. The van der Waals surface area contributed by atoms with E-state index in [9.17, 15) is 14.0 Å². The molecule has 0 spiro atoms. The Bertz CT molecular complexity index is 797. The Morgan fingerprint density at radius 3 is 2.37 bits per heavy atom. The zero-order valence-corrected chi connectivity index (χ0v) is 17.4. The Morgan fingerprint density at radius 1 is 1.11 bits per heavy atom. The Balaban J connectivity index is 2.12. The van der Waals surface area contributed by atoms with Crippen LogP contribution in [0.25, 0.3) is 0 Å². The number of Topliss-reactive ketones (excluding diaryl/α,β-unsaturated/α-hetero) is 1. The number of carbonyl (C=O) groups is 2. The first kappa shape index (κ1) is 21.3. The number of carbonyl (C=O) groups excluding carboxylic acids is 2. The predicted molar refractivity (Wildman–Crippen MR) is 107 cm³/mol. The van der Waals surface area contributed by atoms with E-state index in [4.69, 9.17) is 4.74 Å². The first-order chi connectivity index (χ1) is 12.6. The quantitative estimate of drug-likeness (QED) is 0.555. The number of hydrogen-bond donors (Lipinski definition) is 0. The number of ketones is 1. The fraction of sp³-hybridized carbons (Fsp3) is 0.364. The summed E-state index contributed by atoms with van der Waals surface area (Å²) in [5.41, 5.74) is 0.647. The topological polar surface area (TPSA) is 43.4 Å². The molecule has 0 unspecified atom stereocenters. The molecule has 0 aliphatic rings. The SMILES string of the molecule is CC(C)(C)OC(=O)[C@H](CC(=O)Cc1ccc(Br)cc1F)Cc1ccccc1. The molecule has 0 saturated carbocycles. The fourth-order valence-corrected chi connectivity index (χ4v) is 3.08. The molecule has 27 heavy (non-hydrogen) atoms. The van der Waals surface area contributed by atoms with E-state index in [1.54, 1.807) is 32.9 Å². The fourth-order valence-electron chi connectivity index (χ4n) is 2.75. The lowest BCUT2D eigenvalue weighted by Crippen LogP contribution is -2.31. The molecule has 2 rings (SSSR count). The molecule has 0 aromatic heterocycles. The first-order valence-corrected chi connectivity index (χ1v) is 9.66. The molecule has 0 aliphatic carbocycles. The van der Waals surface area contributed by atoms with Crippen LogP contribution in [0, 0.1) is 11.7 Å². The molecule has 0 saturated heterocycles. The average Bonchev–Trinajstić information content (AvgIpc) is 2.56. The van der Waals surface area contributed by atoms with Crippen molar-refractivity contribution in [1.82, 2.24) is 0 Å². The molecule has 2 aromatic carbocycles. The van der Waals surface area contributed by atoms with Crippen LogP contribution in [0.4, 0.5) is 4.39 Å². The molecular weight excluding hydrogens is 411 g/mol. The molecule has 0 aliphatic heterocycles. The second-order valence-electron chi connectivity index (χ2n) is 7.58. The summed E-state index contributed by atoms with van der Waals surface area (Å²) in [6.07, 6.45) is 0.372. The van der Waals surface area contributed by atoms with Crippen molar-refractivity contribution in [1.29, 1.82) is 0 Å². The maximum Gasteiger partial charge on any atom is 0.310 e. The van der Waals surface area contributed by atoms with Gasteiger partial charge in [0.1, 0.15) is 17.2 Å². The zero-order chi connectivity index (χ0) is 20.0. The molecule has 2 aromatic rings. The molecule has 0 N–H and O–H groups in total. The van der Waals surface area contributed by atoms with Gasteiger partial charge in [-0.25, -0.2) is 4.39 Å². The summed E-state index contributed by atoms with van der Waals surface area (Å²) in [5.74, 6) is -1.63. The monoisotopic (exact) mass is 434 g/mol. The maximum absolute atomic E-state index is 14.0. The molecule has 0 fully saturated rings. The van der Waals surface area contributed by atoms with Gasteiger partial charge >= 0.3 is 5.97 Å². The largest absolute Gasteiger partial charge is 0.460 e. The summed E-state index contributed by atoms with van der Waals surface area (Å²) >= 11 is 3.20. The summed E-state index contributed by atoms with van der Waals surface area (Å²) in [4.78, 5) is 25.1. The van der Waals surface area contributed by atoms with Crippen LogP contribution in [0.3, 0.4) is 0 Å². The van der Waals surface area contributed by atoms with Crippen LogP contribution in [-0.4, -0.2) is 17.4 Å². The number of esters is 1. The number of halogens is 2. The lowest BCUT2D eigenvalue weighted by Gasteiger charge is -2.24. The number of hydrogen-bond acceptors (Lipinski definition) is 3. The van der Waals surface area contributed by atoms with E-state index < -0.39 is 23.3 Å². The molecule has 0 bridgehead atoms. The highest BCUT2D eigenvalue weighted by Gasteiger charge is 2.27. The summed E-state index contributed by atoms with van der Waals surface area (Å²) in [5, 5.41) is 0. The zero-order valence-electron chi connectivity index (χ0n) is 15.8. The number of benzene rings is 2. The molecule has 0 heterocycles. The minimum absolute atomic E-state index is 0.0132. The van der Waals surface area contributed by atoms with Gasteiger partial charge in [-0.1, -0.05) is 52.3 Å². The Morgan fingerprint density at radius 2 is 1.78 bits per heavy atom. The van der Waals surface area contributed by atoms with Crippen molar-refractivity contribution in [3.63, 3.8) is 0 Å². The molecule has 3 nitrogen and oxygen atoms in total. The van der Waals surface area contributed by atoms with Crippen molar-refractivity contribution >= 4 is 27.7 Å². The highest BCUT2D eigenvalue weighted by molar-refractivity contribution is 9.10. The van der Waals surface area contributed by atoms with Gasteiger partial charge in [0.15, 0.2) is 0 Å². The summed E-state index contributed by atoms with van der Waals surface area (Å²) < 4.78 is 20.1. The Labute approximate surface area is 168 Å². The van der Waals surface area contributed by atoms with Gasteiger partial charge in [-0.3, -0.25) is 9.59 Å². The van der Waals surface area contributed by atoms with Crippen molar-refractivity contribution in [2.24, 2.45) is 5.92 Å². The van der Waals surface area contributed by atoms with Crippen LogP contribution in [0.1, 0.15) is 38.3 Å². The second kappa shape index (κ2) is 9.27. The van der Waals surface area contributed by atoms with Gasteiger partial charge in [-0.05, 0) is 50.5 Å². The predicted octanol–water partition coefficient (Wildman–Crippen LogP) is 5.29. The molecule has 144 valence electrons. The molecule has 1 atom stereocenters. The van der Waals surface area contributed by atoms with Gasteiger partial charge in [0.25, 0.3) is 0 Å². The minimum atomic E-state index is -0.632. The lowest BCUT2D eigenvalue weighted by atomic mass is 9.92. The van der Waals surface area contributed by atoms with E-state index in [1.165, 1.54) is 6.07 Å². The van der Waals surface area contributed by atoms with Crippen molar-refractivity contribution in [3.8, 4) is 0 Å². The summed E-state index contributed by atoms with van der Waals surface area (Å²) in [7, 11) is 0. The van der Waals surface area contributed by atoms with Gasteiger partial charge in [-0.15, -0.1) is 0 Å². The van der Waals surface area contributed by atoms with Gasteiger partial charge in [0, 0.05) is 17.3 Å². The van der Waals surface area contributed by atoms with Crippen molar-refractivity contribution in [3.05, 3.63) is 69.9 Å². The third-order valence-electron chi connectivity index (χ3n) is 3.94. The van der Waals surface area contributed by atoms with Crippen LogP contribution in [0.15, 0.2) is 53.0 Å². The summed E-state index contributed by atoms with van der Waals surface area (Å²) in [6, 6.07) is 14.1. The van der Waals surface area contributed by atoms with E-state index >= 15 is 0 Å². The van der Waals surface area contributed by atoms with E-state index in [0.29, 0.717) is 16.5 Å². The normalized spacial score (nSPS) is 12.5. The van der Waals surface area contributed by atoms with Crippen molar-refractivity contribution in [2.75, 3.05) is 0 Å². The lowest BCUT2D eigenvalue weighted by molar-refractivity contribution is -0.161. The first-order valence-electron chi connectivity index (χ1n) is 8.86. The summed E-state index contributed by atoms with van der Waals surface area (Å²) in [6.45, 7) is 5.39. The van der Waals surface area contributed by atoms with E-state index in [-0.39, 0.29) is 18.6 Å². The second-order valence-corrected chi connectivity index (χ2v) is 8.49. The van der Waals surface area contributed by atoms with Crippen LogP contribution < -0.4 is 0 Å². The van der Waals surface area contributed by atoms with Crippen LogP contribution in [0.5, 0.6) is 0 Å². The Hall–Kier alpha value is -2.01. The Kier molecular flexibility index (Phi) is 7.31. The smallest absolute Gasteiger partial charge is 0.310 e. The van der Waals surface area contributed by atoms with Gasteiger partial charge in [0.2, 0.25) is 0 Å². The third kappa shape index (κ3) is 7.25. The molecule has 0 amide bonds. The van der Waals surface area contributed by atoms with Crippen LogP contribution in [-0.2, 0) is 27.2 Å². The van der Waals surface area contributed by atoms with E-state index in [2.05, 4.69) is 15.9 Å². The van der Waals surface area contributed by atoms with Crippen LogP contribution >= 0.6 is 15.9 Å². The maximum atomic E-state index is 14.0. The van der Waals surface area contributed by atoms with Crippen molar-refractivity contribution in [2.45, 2.75) is 45.6 Å². The number of rotatable bonds is 7. The van der Waals surface area contributed by atoms with E-state index in [0.717, 1.165) is 5.56 Å². The minimum Gasteiger partial charge on any atom is -0.460 e. The molecule has 5 heteroatoms. The third-order valence-corrected chi connectivity index (χ3v) is 4.44. The molecule has 0 radical (unpaired) electrons. The van der Waals surface area contributed by atoms with E-state index in [1.807, 2.05) is 30.3 Å². The van der Waals surface area contributed by atoms with Gasteiger partial charge in [-0.2, -0.15) is 0 Å². The van der Waals surface area contributed by atoms with Gasteiger partial charge in [0.05, 0.1) is 5.92 Å². The average molecular weight is 435 g/mol. The van der Waals surface area contributed by atoms with Crippen molar-refractivity contribution < 1.29 is 18.7 Å². The van der Waals surface area contributed by atoms with Crippen LogP contribution in [0.2, 0.25) is 0 Å². The molecular formula is C22H24BrFO3. The van der Waals surface area contributed by atoms with Gasteiger partial charge < -0.3 is 4.74 Å². The highest BCUT2D eigenvalue weighted by atomic mass is 79.9.